The maximum Gasteiger partial charge on any atom is 0.189 e. The van der Waals surface area contributed by atoms with E-state index in [1.807, 2.05) is 24.3 Å². The molecule has 3 N–H and O–H groups in total. The lowest BCUT2D eigenvalue weighted by Crippen LogP contribution is -2.37. The second kappa shape index (κ2) is 7.85. The number of rotatable bonds is 6. The quantitative estimate of drug-likeness (QED) is 0.365. The summed E-state index contributed by atoms with van der Waals surface area (Å²) in [6.45, 7) is 5.12. The van der Waals surface area contributed by atoms with E-state index in [-0.39, 0.29) is 6.04 Å². The molecule has 0 aromatic heterocycles. The van der Waals surface area contributed by atoms with Gasteiger partial charge in [0.2, 0.25) is 0 Å². The van der Waals surface area contributed by atoms with Gasteiger partial charge in [-0.1, -0.05) is 24.3 Å². The molecule has 1 aliphatic heterocycles. The van der Waals surface area contributed by atoms with Crippen molar-refractivity contribution in [3.8, 4) is 5.75 Å². The fraction of sp³-hybridized carbons (Fsp3) is 0.400. The van der Waals surface area contributed by atoms with E-state index in [1.54, 1.807) is 11.8 Å². The van der Waals surface area contributed by atoms with Crippen LogP contribution in [-0.2, 0) is 0 Å². The topological polar surface area (TPSA) is 59.6 Å². The minimum Gasteiger partial charge on any atom is -0.493 e. The molecule has 1 unspecified atom stereocenters. The average molecular weight is 291 g/mol. The fourth-order valence-corrected chi connectivity index (χ4v) is 2.67. The Morgan fingerprint density at radius 2 is 2.40 bits per heavy atom. The fourth-order valence-electron chi connectivity index (χ4n) is 2.11. The zero-order chi connectivity index (χ0) is 14.2. The summed E-state index contributed by atoms with van der Waals surface area (Å²) in [6.07, 6.45) is 2.80. The molecule has 1 aromatic carbocycles. The standard InChI is InChI=1S/C15H21N3OS/c1-2-10-20-11-8-17-15(16)18-13-7-9-19-14-6-4-3-5-12(13)14/h2-6,13H,1,7-11H2,(H3,16,17,18). The highest BCUT2D eigenvalue weighted by Crippen LogP contribution is 2.31. The number of hydrogen-bond donors (Lipinski definition) is 2. The number of thioether (sulfide) groups is 1. The zero-order valence-corrected chi connectivity index (χ0v) is 12.4. The van der Waals surface area contributed by atoms with Crippen LogP contribution in [0.1, 0.15) is 18.0 Å². The van der Waals surface area contributed by atoms with Gasteiger partial charge in [-0.3, -0.25) is 4.99 Å². The molecule has 0 aliphatic carbocycles. The number of ether oxygens (including phenoxy) is 1. The van der Waals surface area contributed by atoms with Crippen LogP contribution < -0.4 is 15.8 Å². The number of nitrogens with one attached hydrogen (secondary N) is 1. The number of para-hydroxylation sites is 1. The summed E-state index contributed by atoms with van der Waals surface area (Å²) < 4.78 is 5.63. The summed E-state index contributed by atoms with van der Waals surface area (Å²) >= 11 is 1.80. The Morgan fingerprint density at radius 1 is 1.55 bits per heavy atom. The summed E-state index contributed by atoms with van der Waals surface area (Å²) in [5.41, 5.74) is 7.10. The maximum absolute atomic E-state index is 5.95. The molecule has 0 saturated carbocycles. The van der Waals surface area contributed by atoms with Gasteiger partial charge in [-0.2, -0.15) is 11.8 Å². The Morgan fingerprint density at radius 3 is 3.25 bits per heavy atom. The Labute approximate surface area is 124 Å². The van der Waals surface area contributed by atoms with Crippen LogP contribution in [0.15, 0.2) is 41.9 Å². The first kappa shape index (κ1) is 14.8. The number of nitrogens with two attached hydrogens (primary N) is 1. The van der Waals surface area contributed by atoms with Crippen molar-refractivity contribution in [1.29, 1.82) is 0 Å². The highest BCUT2D eigenvalue weighted by Gasteiger charge is 2.20. The molecule has 108 valence electrons. The van der Waals surface area contributed by atoms with Gasteiger partial charge in [-0.25, -0.2) is 0 Å². The number of guanidine groups is 1. The molecule has 20 heavy (non-hydrogen) atoms. The van der Waals surface area contributed by atoms with Crippen LogP contribution in [0.2, 0.25) is 0 Å². The summed E-state index contributed by atoms with van der Waals surface area (Å²) in [6, 6.07) is 8.24. The molecule has 2 rings (SSSR count). The monoisotopic (exact) mass is 291 g/mol. The van der Waals surface area contributed by atoms with Crippen molar-refractivity contribution in [2.24, 2.45) is 10.7 Å². The zero-order valence-electron chi connectivity index (χ0n) is 11.5. The summed E-state index contributed by atoms with van der Waals surface area (Å²) in [5.74, 6) is 3.35. The highest BCUT2D eigenvalue weighted by molar-refractivity contribution is 7.99. The Hall–Kier alpha value is -1.62. The number of hydrogen-bond acceptors (Lipinski definition) is 3. The van der Waals surface area contributed by atoms with Crippen molar-refractivity contribution in [2.75, 3.05) is 24.7 Å². The molecule has 0 saturated heterocycles. The molecule has 4 nitrogen and oxygen atoms in total. The van der Waals surface area contributed by atoms with Gasteiger partial charge < -0.3 is 15.8 Å². The van der Waals surface area contributed by atoms with Crippen LogP contribution >= 0.6 is 11.8 Å². The third kappa shape index (κ3) is 4.20. The molecular formula is C15H21N3OS. The van der Waals surface area contributed by atoms with Crippen LogP contribution in [0.25, 0.3) is 0 Å². The van der Waals surface area contributed by atoms with E-state index in [4.69, 9.17) is 10.5 Å². The highest BCUT2D eigenvalue weighted by atomic mass is 32.2. The van der Waals surface area contributed by atoms with E-state index in [2.05, 4.69) is 23.0 Å². The Bertz CT molecular complexity index is 476. The first-order valence-corrected chi connectivity index (χ1v) is 7.93. The second-order valence-corrected chi connectivity index (χ2v) is 5.65. The summed E-state index contributed by atoms with van der Waals surface area (Å²) in [5, 5.41) is 3.28. The number of nitrogens with zero attached hydrogens (tertiary/aromatic N) is 1. The van der Waals surface area contributed by atoms with Gasteiger partial charge in [0.15, 0.2) is 5.96 Å². The van der Waals surface area contributed by atoms with Gasteiger partial charge in [0.1, 0.15) is 5.75 Å². The van der Waals surface area contributed by atoms with Crippen LogP contribution in [0, 0.1) is 0 Å². The van der Waals surface area contributed by atoms with Crippen LogP contribution in [0.4, 0.5) is 0 Å². The van der Waals surface area contributed by atoms with Gasteiger partial charge >= 0.3 is 0 Å². The van der Waals surface area contributed by atoms with Crippen LogP contribution in [-0.4, -0.2) is 30.6 Å². The van der Waals surface area contributed by atoms with E-state index in [0.29, 0.717) is 12.6 Å². The van der Waals surface area contributed by atoms with E-state index in [0.717, 1.165) is 35.8 Å². The number of fused-ring (bicyclic) bond motifs is 1. The Balaban J connectivity index is 1.87. The van der Waals surface area contributed by atoms with Crippen LogP contribution in [0.5, 0.6) is 5.75 Å². The first-order valence-electron chi connectivity index (χ1n) is 6.78. The normalized spacial score (nSPS) is 18.0. The summed E-state index contributed by atoms with van der Waals surface area (Å²) in [7, 11) is 0. The maximum atomic E-state index is 5.95. The lowest BCUT2D eigenvalue weighted by atomic mass is 10.0. The minimum absolute atomic E-state index is 0.185. The first-order chi connectivity index (χ1) is 9.81. The molecule has 0 fully saturated rings. The molecule has 1 aromatic rings. The average Bonchev–Trinajstić information content (AvgIpc) is 2.47. The van der Waals surface area contributed by atoms with Gasteiger partial charge in [0.05, 0.1) is 19.2 Å². The second-order valence-electron chi connectivity index (χ2n) is 4.50. The number of aliphatic imine (C=N–C) groups is 1. The minimum atomic E-state index is 0.185. The molecule has 1 atom stereocenters. The third-order valence-corrected chi connectivity index (χ3v) is 3.98. The molecule has 0 amide bonds. The van der Waals surface area contributed by atoms with Crippen molar-refractivity contribution >= 4 is 17.7 Å². The van der Waals surface area contributed by atoms with Crippen molar-refractivity contribution in [3.63, 3.8) is 0 Å². The van der Waals surface area contributed by atoms with E-state index in [9.17, 15) is 0 Å². The van der Waals surface area contributed by atoms with Crippen molar-refractivity contribution in [3.05, 3.63) is 42.5 Å². The third-order valence-electron chi connectivity index (χ3n) is 3.03. The van der Waals surface area contributed by atoms with Crippen LogP contribution in [0.3, 0.4) is 0 Å². The predicted octanol–water partition coefficient (Wildman–Crippen LogP) is 2.33. The largest absolute Gasteiger partial charge is 0.493 e. The smallest absolute Gasteiger partial charge is 0.189 e. The lowest BCUT2D eigenvalue weighted by Gasteiger charge is -2.26. The predicted molar refractivity (Wildman–Crippen MR) is 86.4 cm³/mol. The van der Waals surface area contributed by atoms with Gasteiger partial charge in [0.25, 0.3) is 0 Å². The Kier molecular flexibility index (Phi) is 5.80. The van der Waals surface area contributed by atoms with Crippen molar-refractivity contribution < 1.29 is 4.74 Å². The SMILES string of the molecule is C=CCSCCN=C(N)NC1CCOc2ccccc21. The molecule has 5 heteroatoms. The van der Waals surface area contributed by atoms with Gasteiger partial charge in [0, 0.05) is 23.5 Å². The molecule has 0 bridgehead atoms. The van der Waals surface area contributed by atoms with E-state index >= 15 is 0 Å². The van der Waals surface area contributed by atoms with Gasteiger partial charge in [-0.15, -0.1) is 6.58 Å². The van der Waals surface area contributed by atoms with Gasteiger partial charge in [-0.05, 0) is 6.07 Å². The summed E-state index contributed by atoms with van der Waals surface area (Å²) in [4.78, 5) is 4.35. The molecular weight excluding hydrogens is 270 g/mol. The number of benzene rings is 1. The molecule has 1 heterocycles. The van der Waals surface area contributed by atoms with E-state index < -0.39 is 0 Å². The molecule has 0 radical (unpaired) electrons. The van der Waals surface area contributed by atoms with Crippen molar-refractivity contribution in [2.45, 2.75) is 12.5 Å². The van der Waals surface area contributed by atoms with E-state index in [1.165, 1.54) is 0 Å². The van der Waals surface area contributed by atoms with Crippen molar-refractivity contribution in [1.82, 2.24) is 5.32 Å². The molecule has 0 spiro atoms. The lowest BCUT2D eigenvalue weighted by molar-refractivity contribution is 0.262. The molecule has 1 aliphatic rings.